The van der Waals surface area contributed by atoms with Crippen LogP contribution in [0, 0.1) is 5.82 Å². The van der Waals surface area contributed by atoms with Gasteiger partial charge in [-0.15, -0.1) is 0 Å². The molecule has 0 spiro atoms. The number of carboxylic acids is 1. The molecule has 1 N–H and O–H groups in total. The highest BCUT2D eigenvalue weighted by Crippen LogP contribution is 2.14. The molecule has 7 heteroatoms. The van der Waals surface area contributed by atoms with E-state index in [1.54, 1.807) is 0 Å². The van der Waals surface area contributed by atoms with Gasteiger partial charge >= 0.3 is 5.97 Å². The summed E-state index contributed by atoms with van der Waals surface area (Å²) < 4.78 is 35.8. The molecule has 1 fully saturated rings. The predicted octanol–water partition coefficient (Wildman–Crippen LogP) is 0.754. The Morgan fingerprint density at radius 2 is 1.95 bits per heavy atom. The van der Waals surface area contributed by atoms with Crippen LogP contribution in [0.25, 0.3) is 0 Å². The van der Waals surface area contributed by atoms with Gasteiger partial charge in [0.25, 0.3) is 0 Å². The predicted molar refractivity (Wildman–Crippen MR) is 67.3 cm³/mol. The van der Waals surface area contributed by atoms with Gasteiger partial charge in [-0.05, 0) is 17.7 Å². The Hall–Kier alpha value is -1.47. The second-order valence-electron chi connectivity index (χ2n) is 4.55. The van der Waals surface area contributed by atoms with E-state index in [-0.39, 0.29) is 17.1 Å². The standard InChI is InChI=1S/C12H14FNO4S/c13-11-2-1-9(7-10(11)12(15)16)8-14-3-5-19(17,18)6-4-14/h1-2,7H,3-6,8H2,(H,15,16). The minimum absolute atomic E-state index is 0.111. The number of rotatable bonds is 3. The molecule has 0 aromatic heterocycles. The van der Waals surface area contributed by atoms with Crippen molar-refractivity contribution in [3.05, 3.63) is 35.1 Å². The van der Waals surface area contributed by atoms with Crippen LogP contribution in [0.3, 0.4) is 0 Å². The Morgan fingerprint density at radius 1 is 1.32 bits per heavy atom. The summed E-state index contributed by atoms with van der Waals surface area (Å²) in [4.78, 5) is 12.7. The van der Waals surface area contributed by atoms with Crippen LogP contribution < -0.4 is 0 Å². The van der Waals surface area contributed by atoms with Crippen LogP contribution in [0.4, 0.5) is 4.39 Å². The van der Waals surface area contributed by atoms with Crippen molar-refractivity contribution in [1.82, 2.24) is 4.90 Å². The van der Waals surface area contributed by atoms with Crippen molar-refractivity contribution in [3.63, 3.8) is 0 Å². The van der Waals surface area contributed by atoms with Crippen LogP contribution in [0.15, 0.2) is 18.2 Å². The molecule has 1 aliphatic heterocycles. The molecule has 104 valence electrons. The molecule has 1 aromatic carbocycles. The van der Waals surface area contributed by atoms with Crippen molar-refractivity contribution in [2.24, 2.45) is 0 Å². The van der Waals surface area contributed by atoms with Gasteiger partial charge in [-0.1, -0.05) is 6.07 Å². The monoisotopic (exact) mass is 287 g/mol. The lowest BCUT2D eigenvalue weighted by atomic mass is 10.1. The Labute approximate surface area is 110 Å². The van der Waals surface area contributed by atoms with Crippen molar-refractivity contribution >= 4 is 15.8 Å². The Kier molecular flexibility index (Phi) is 3.86. The number of aromatic carboxylic acids is 1. The molecule has 0 radical (unpaired) electrons. The van der Waals surface area contributed by atoms with Gasteiger partial charge in [-0.2, -0.15) is 0 Å². The van der Waals surface area contributed by atoms with Crippen molar-refractivity contribution < 1.29 is 22.7 Å². The lowest BCUT2D eigenvalue weighted by Gasteiger charge is -2.26. The van der Waals surface area contributed by atoms with E-state index in [1.165, 1.54) is 12.1 Å². The van der Waals surface area contributed by atoms with Gasteiger partial charge in [0.15, 0.2) is 9.84 Å². The van der Waals surface area contributed by atoms with E-state index in [9.17, 15) is 17.6 Å². The van der Waals surface area contributed by atoms with E-state index >= 15 is 0 Å². The zero-order valence-corrected chi connectivity index (χ0v) is 11.0. The average molecular weight is 287 g/mol. The third-order valence-corrected chi connectivity index (χ3v) is 4.71. The fourth-order valence-electron chi connectivity index (χ4n) is 2.00. The number of benzene rings is 1. The van der Waals surface area contributed by atoms with Crippen molar-refractivity contribution in [3.8, 4) is 0 Å². The molecule has 1 aromatic rings. The first-order valence-electron chi connectivity index (χ1n) is 5.82. The van der Waals surface area contributed by atoms with E-state index in [1.807, 2.05) is 4.90 Å². The summed E-state index contributed by atoms with van der Waals surface area (Å²) in [5.74, 6) is -1.85. The van der Waals surface area contributed by atoms with E-state index in [0.29, 0.717) is 25.2 Å². The highest BCUT2D eigenvalue weighted by Gasteiger charge is 2.22. The number of nitrogens with zero attached hydrogens (tertiary/aromatic N) is 1. The zero-order valence-electron chi connectivity index (χ0n) is 10.2. The molecule has 2 rings (SSSR count). The van der Waals surface area contributed by atoms with E-state index in [4.69, 9.17) is 5.11 Å². The average Bonchev–Trinajstić information content (AvgIpc) is 2.34. The third kappa shape index (κ3) is 3.51. The van der Waals surface area contributed by atoms with E-state index in [0.717, 1.165) is 6.07 Å². The molecule has 1 heterocycles. The largest absolute Gasteiger partial charge is 0.478 e. The first-order valence-corrected chi connectivity index (χ1v) is 7.64. The molecule has 0 atom stereocenters. The smallest absolute Gasteiger partial charge is 0.338 e. The fourth-order valence-corrected chi connectivity index (χ4v) is 3.28. The second kappa shape index (κ2) is 5.26. The quantitative estimate of drug-likeness (QED) is 0.888. The maximum atomic E-state index is 13.2. The SMILES string of the molecule is O=C(O)c1cc(CN2CCS(=O)(=O)CC2)ccc1F. The van der Waals surface area contributed by atoms with Crippen molar-refractivity contribution in [1.29, 1.82) is 0 Å². The van der Waals surface area contributed by atoms with Crippen LogP contribution in [0.1, 0.15) is 15.9 Å². The summed E-state index contributed by atoms with van der Waals surface area (Å²) in [6.45, 7) is 1.26. The zero-order chi connectivity index (χ0) is 14.0. The van der Waals surface area contributed by atoms with Crippen LogP contribution in [0.5, 0.6) is 0 Å². The van der Waals surface area contributed by atoms with Crippen molar-refractivity contribution in [2.75, 3.05) is 24.6 Å². The van der Waals surface area contributed by atoms with Crippen LogP contribution in [-0.2, 0) is 16.4 Å². The molecule has 0 amide bonds. The summed E-state index contributed by atoms with van der Waals surface area (Å²) in [6.07, 6.45) is 0. The molecule has 1 aliphatic rings. The molecule has 0 bridgehead atoms. The van der Waals surface area contributed by atoms with Crippen molar-refractivity contribution in [2.45, 2.75) is 6.54 Å². The number of halogens is 1. The summed E-state index contributed by atoms with van der Waals surface area (Å²) >= 11 is 0. The molecule has 5 nitrogen and oxygen atoms in total. The molecule has 0 aliphatic carbocycles. The first-order chi connectivity index (χ1) is 8.87. The second-order valence-corrected chi connectivity index (χ2v) is 6.85. The molecular formula is C12H14FNO4S. The van der Waals surface area contributed by atoms with Gasteiger partial charge < -0.3 is 5.11 Å². The maximum Gasteiger partial charge on any atom is 0.338 e. The minimum Gasteiger partial charge on any atom is -0.478 e. The molecule has 1 saturated heterocycles. The highest BCUT2D eigenvalue weighted by atomic mass is 32.2. The summed E-state index contributed by atoms with van der Waals surface area (Å²) in [6, 6.07) is 3.94. The van der Waals surface area contributed by atoms with Crippen LogP contribution in [-0.4, -0.2) is 49.0 Å². The molecule has 19 heavy (non-hydrogen) atoms. The normalized spacial score (nSPS) is 19.2. The van der Waals surface area contributed by atoms with Gasteiger partial charge in [-0.25, -0.2) is 17.6 Å². The summed E-state index contributed by atoms with van der Waals surface area (Å²) in [5.41, 5.74) is 0.306. The van der Waals surface area contributed by atoms with Crippen LogP contribution >= 0.6 is 0 Å². The van der Waals surface area contributed by atoms with E-state index < -0.39 is 21.6 Å². The first kappa shape index (κ1) is 14.0. The number of carbonyl (C=O) groups is 1. The number of hydrogen-bond donors (Lipinski definition) is 1. The van der Waals surface area contributed by atoms with Gasteiger partial charge in [0.2, 0.25) is 0 Å². The fraction of sp³-hybridized carbons (Fsp3) is 0.417. The Balaban J connectivity index is 2.08. The number of sulfone groups is 1. The molecule has 0 saturated carbocycles. The maximum absolute atomic E-state index is 13.2. The van der Waals surface area contributed by atoms with Gasteiger partial charge in [0.05, 0.1) is 17.1 Å². The lowest BCUT2D eigenvalue weighted by Crippen LogP contribution is -2.39. The minimum atomic E-state index is -2.93. The Morgan fingerprint density at radius 3 is 2.53 bits per heavy atom. The summed E-state index contributed by atoms with van der Waals surface area (Å²) in [5, 5.41) is 8.83. The Bertz CT molecular complexity index is 586. The van der Waals surface area contributed by atoms with E-state index in [2.05, 4.69) is 0 Å². The van der Waals surface area contributed by atoms with Gasteiger partial charge in [-0.3, -0.25) is 4.90 Å². The van der Waals surface area contributed by atoms with Gasteiger partial charge in [0.1, 0.15) is 5.82 Å². The summed E-state index contributed by atoms with van der Waals surface area (Å²) in [7, 11) is -2.93. The molecular weight excluding hydrogens is 273 g/mol. The van der Waals surface area contributed by atoms with Crippen LogP contribution in [0.2, 0.25) is 0 Å². The van der Waals surface area contributed by atoms with Gasteiger partial charge in [0, 0.05) is 19.6 Å². The topological polar surface area (TPSA) is 74.7 Å². The third-order valence-electron chi connectivity index (χ3n) is 3.10. The number of hydrogen-bond acceptors (Lipinski definition) is 4. The number of carboxylic acid groups (broad SMARTS) is 1. The molecule has 0 unspecified atom stereocenters. The lowest BCUT2D eigenvalue weighted by molar-refractivity contribution is 0.0691. The highest BCUT2D eigenvalue weighted by molar-refractivity contribution is 7.91.